The monoisotopic (exact) mass is 312 g/mol. The van der Waals surface area contributed by atoms with Crippen molar-refractivity contribution in [2.45, 2.75) is 26.4 Å². The highest BCUT2D eigenvalue weighted by Gasteiger charge is 2.06. The van der Waals surface area contributed by atoms with Crippen LogP contribution in [0.5, 0.6) is 0 Å². The molecule has 0 spiro atoms. The summed E-state index contributed by atoms with van der Waals surface area (Å²) in [7, 11) is 0. The molecule has 0 saturated heterocycles. The maximum Gasteiger partial charge on any atom is 0.328 e. The average Bonchev–Trinajstić information content (AvgIpc) is 2.74. The second kappa shape index (κ2) is 4.93. The Labute approximate surface area is 111 Å². The molecule has 0 aliphatic rings. The van der Waals surface area contributed by atoms with Gasteiger partial charge in [-0.15, -0.1) is 0 Å². The summed E-state index contributed by atoms with van der Waals surface area (Å²) < 4.78 is 3.55. The lowest BCUT2D eigenvalue weighted by Gasteiger charge is -2.05. The van der Waals surface area contributed by atoms with Crippen molar-refractivity contribution >= 4 is 15.9 Å². The number of hydrogen-bond donors (Lipinski definition) is 1. The molecule has 0 radical (unpaired) electrons. The molecule has 0 atom stereocenters. The lowest BCUT2D eigenvalue weighted by molar-refractivity contribution is 0.522. The van der Waals surface area contributed by atoms with Gasteiger partial charge < -0.3 is 0 Å². The predicted molar refractivity (Wildman–Crippen MR) is 70.7 cm³/mol. The molecule has 96 valence electrons. The van der Waals surface area contributed by atoms with Crippen molar-refractivity contribution in [3.05, 3.63) is 49.5 Å². The zero-order valence-corrected chi connectivity index (χ0v) is 11.6. The van der Waals surface area contributed by atoms with Gasteiger partial charge in [-0.25, -0.2) is 4.79 Å². The molecule has 0 aliphatic carbocycles. The molecule has 2 aromatic heterocycles. The van der Waals surface area contributed by atoms with Crippen LogP contribution in [-0.4, -0.2) is 19.3 Å². The van der Waals surface area contributed by atoms with Gasteiger partial charge in [0, 0.05) is 18.4 Å². The van der Waals surface area contributed by atoms with Gasteiger partial charge in [-0.2, -0.15) is 5.10 Å². The van der Waals surface area contributed by atoms with Crippen LogP contribution in [0.1, 0.15) is 25.6 Å². The SMILES string of the molecule is CC(C)n1ccc(Cn2cc(Br)c(=O)[nH]c2=O)n1. The number of nitrogens with zero attached hydrogens (tertiary/aromatic N) is 3. The molecular formula is C11H13BrN4O2. The summed E-state index contributed by atoms with van der Waals surface area (Å²) in [6.07, 6.45) is 3.33. The van der Waals surface area contributed by atoms with Crippen LogP contribution in [0.3, 0.4) is 0 Å². The van der Waals surface area contributed by atoms with Crippen LogP contribution in [0, 0.1) is 0 Å². The molecule has 0 saturated carbocycles. The molecule has 2 aromatic rings. The van der Waals surface area contributed by atoms with E-state index in [0.29, 0.717) is 11.0 Å². The fourth-order valence-corrected chi connectivity index (χ4v) is 1.87. The fourth-order valence-electron chi connectivity index (χ4n) is 1.52. The summed E-state index contributed by atoms with van der Waals surface area (Å²) in [5.41, 5.74) is -0.101. The second-order valence-electron chi connectivity index (χ2n) is 4.25. The van der Waals surface area contributed by atoms with Crippen molar-refractivity contribution < 1.29 is 0 Å². The molecule has 0 amide bonds. The third kappa shape index (κ3) is 2.61. The van der Waals surface area contributed by atoms with Crippen LogP contribution in [-0.2, 0) is 6.54 Å². The highest BCUT2D eigenvalue weighted by molar-refractivity contribution is 9.10. The lowest BCUT2D eigenvalue weighted by Crippen LogP contribution is -2.30. The van der Waals surface area contributed by atoms with Gasteiger partial charge in [0.2, 0.25) is 0 Å². The first-order valence-corrected chi connectivity index (χ1v) is 6.30. The zero-order chi connectivity index (χ0) is 13.3. The number of nitrogens with one attached hydrogen (secondary N) is 1. The van der Waals surface area contributed by atoms with E-state index in [1.807, 2.05) is 30.8 Å². The summed E-state index contributed by atoms with van der Waals surface area (Å²) in [6, 6.07) is 2.13. The molecule has 6 nitrogen and oxygen atoms in total. The number of aromatic nitrogens is 4. The summed E-state index contributed by atoms with van der Waals surface area (Å²) in [5.74, 6) is 0. The van der Waals surface area contributed by atoms with E-state index in [9.17, 15) is 9.59 Å². The van der Waals surface area contributed by atoms with Gasteiger partial charge >= 0.3 is 5.69 Å². The van der Waals surface area contributed by atoms with Gasteiger partial charge in [0.25, 0.3) is 5.56 Å². The highest BCUT2D eigenvalue weighted by atomic mass is 79.9. The van der Waals surface area contributed by atoms with Crippen LogP contribution in [0.15, 0.2) is 32.5 Å². The standard InChI is InChI=1S/C11H13BrN4O2/c1-7(2)16-4-3-8(14-16)5-15-6-9(12)10(17)13-11(15)18/h3-4,6-7H,5H2,1-2H3,(H,13,17,18). The first-order chi connectivity index (χ1) is 8.47. The number of hydrogen-bond acceptors (Lipinski definition) is 3. The third-order valence-corrected chi connectivity index (χ3v) is 3.06. The number of halogens is 1. The Kier molecular flexibility index (Phi) is 3.51. The maximum absolute atomic E-state index is 11.6. The highest BCUT2D eigenvalue weighted by Crippen LogP contribution is 2.05. The molecule has 0 aliphatic heterocycles. The van der Waals surface area contributed by atoms with Gasteiger partial charge in [0.1, 0.15) is 0 Å². The molecule has 1 N–H and O–H groups in total. The number of rotatable bonds is 3. The van der Waals surface area contributed by atoms with Gasteiger partial charge in [-0.05, 0) is 35.8 Å². The van der Waals surface area contributed by atoms with Gasteiger partial charge in [0.05, 0.1) is 16.7 Å². The predicted octanol–water partition coefficient (Wildman–Crippen LogP) is 1.12. The quantitative estimate of drug-likeness (QED) is 0.923. The fraction of sp³-hybridized carbons (Fsp3) is 0.364. The largest absolute Gasteiger partial charge is 0.328 e. The molecule has 0 unspecified atom stereocenters. The first-order valence-electron chi connectivity index (χ1n) is 5.50. The van der Waals surface area contributed by atoms with Crippen molar-refractivity contribution in [3.8, 4) is 0 Å². The van der Waals surface area contributed by atoms with Crippen molar-refractivity contribution in [3.63, 3.8) is 0 Å². The smallest absolute Gasteiger partial charge is 0.293 e. The van der Waals surface area contributed by atoms with Crippen molar-refractivity contribution in [1.82, 2.24) is 19.3 Å². The second-order valence-corrected chi connectivity index (χ2v) is 5.10. The molecule has 0 fully saturated rings. The average molecular weight is 313 g/mol. The minimum atomic E-state index is -0.442. The van der Waals surface area contributed by atoms with Crippen molar-refractivity contribution in [1.29, 1.82) is 0 Å². The van der Waals surface area contributed by atoms with E-state index in [2.05, 4.69) is 26.0 Å². The lowest BCUT2D eigenvalue weighted by atomic mass is 10.4. The normalized spacial score (nSPS) is 11.1. The summed E-state index contributed by atoms with van der Waals surface area (Å²) in [5, 5.41) is 4.35. The Balaban J connectivity index is 2.31. The van der Waals surface area contributed by atoms with E-state index >= 15 is 0 Å². The molecular weight excluding hydrogens is 300 g/mol. The Bertz CT molecular complexity index is 668. The molecule has 0 aromatic carbocycles. The van der Waals surface area contributed by atoms with E-state index in [4.69, 9.17) is 0 Å². The third-order valence-electron chi connectivity index (χ3n) is 2.49. The summed E-state index contributed by atoms with van der Waals surface area (Å²) >= 11 is 3.09. The number of aromatic amines is 1. The number of H-pyrrole nitrogens is 1. The Morgan fingerprint density at radius 1 is 1.44 bits per heavy atom. The van der Waals surface area contributed by atoms with Gasteiger partial charge in [-0.1, -0.05) is 0 Å². The van der Waals surface area contributed by atoms with Crippen molar-refractivity contribution in [2.24, 2.45) is 0 Å². The Hall–Kier alpha value is -1.63. The van der Waals surface area contributed by atoms with Crippen LogP contribution >= 0.6 is 15.9 Å². The molecule has 2 rings (SSSR count). The maximum atomic E-state index is 11.6. The van der Waals surface area contributed by atoms with Crippen LogP contribution in [0.4, 0.5) is 0 Å². The Morgan fingerprint density at radius 2 is 2.17 bits per heavy atom. The topological polar surface area (TPSA) is 72.7 Å². The van der Waals surface area contributed by atoms with Crippen LogP contribution in [0.2, 0.25) is 0 Å². The molecule has 2 heterocycles. The first kappa shape index (κ1) is 12.8. The van der Waals surface area contributed by atoms with Crippen LogP contribution in [0.25, 0.3) is 0 Å². The molecule has 7 heteroatoms. The Morgan fingerprint density at radius 3 is 2.78 bits per heavy atom. The van der Waals surface area contributed by atoms with E-state index in [1.165, 1.54) is 10.8 Å². The van der Waals surface area contributed by atoms with E-state index in [0.717, 1.165) is 5.69 Å². The minimum absolute atomic E-state index is 0.276. The van der Waals surface area contributed by atoms with E-state index in [-0.39, 0.29) is 6.04 Å². The zero-order valence-electron chi connectivity index (χ0n) is 10.1. The van der Waals surface area contributed by atoms with Gasteiger partial charge in [0.15, 0.2) is 0 Å². The van der Waals surface area contributed by atoms with Crippen molar-refractivity contribution in [2.75, 3.05) is 0 Å². The minimum Gasteiger partial charge on any atom is -0.293 e. The van der Waals surface area contributed by atoms with E-state index < -0.39 is 11.2 Å². The van der Waals surface area contributed by atoms with Gasteiger partial charge in [-0.3, -0.25) is 19.0 Å². The summed E-state index contributed by atoms with van der Waals surface area (Å²) in [6.45, 7) is 4.38. The molecule has 18 heavy (non-hydrogen) atoms. The van der Waals surface area contributed by atoms with Crippen LogP contribution < -0.4 is 11.2 Å². The van der Waals surface area contributed by atoms with E-state index in [1.54, 1.807) is 0 Å². The summed E-state index contributed by atoms with van der Waals surface area (Å²) in [4.78, 5) is 25.0. The molecule has 0 bridgehead atoms.